The predicted molar refractivity (Wildman–Crippen MR) is 72.9 cm³/mol. The first-order chi connectivity index (χ1) is 9.92. The summed E-state index contributed by atoms with van der Waals surface area (Å²) >= 11 is 0. The van der Waals surface area contributed by atoms with Crippen LogP contribution in [0.25, 0.3) is 0 Å². The van der Waals surface area contributed by atoms with Crippen LogP contribution < -0.4 is 4.72 Å². The van der Waals surface area contributed by atoms with E-state index in [1.807, 2.05) is 10.8 Å². The average Bonchev–Trinajstić information content (AvgIpc) is 2.43. The number of benzene rings is 2. The van der Waals surface area contributed by atoms with Crippen molar-refractivity contribution in [1.29, 1.82) is 5.26 Å². The second-order valence-corrected chi connectivity index (χ2v) is 5.89. The molecule has 0 spiro atoms. The third-order valence-electron chi connectivity index (χ3n) is 2.69. The number of anilines is 1. The summed E-state index contributed by atoms with van der Waals surface area (Å²) in [5.74, 6) is -1.80. The van der Waals surface area contributed by atoms with Gasteiger partial charge >= 0.3 is 0 Å². The van der Waals surface area contributed by atoms with Crippen LogP contribution in [0, 0.1) is 23.0 Å². The summed E-state index contributed by atoms with van der Waals surface area (Å²) in [6, 6.07) is 10.1. The van der Waals surface area contributed by atoms with Crippen LogP contribution in [0.2, 0.25) is 0 Å². The van der Waals surface area contributed by atoms with Crippen molar-refractivity contribution in [3.05, 3.63) is 59.7 Å². The topological polar surface area (TPSA) is 70.0 Å². The van der Waals surface area contributed by atoms with Gasteiger partial charge in [-0.2, -0.15) is 5.26 Å². The maximum atomic E-state index is 13.5. The highest BCUT2D eigenvalue weighted by Gasteiger charge is 2.16. The Labute approximate surface area is 120 Å². The maximum Gasteiger partial charge on any atom is 0.261 e. The molecule has 108 valence electrons. The van der Waals surface area contributed by atoms with Gasteiger partial charge in [0.15, 0.2) is 0 Å². The van der Waals surface area contributed by atoms with Crippen LogP contribution in [0.15, 0.2) is 47.4 Å². The fourth-order valence-electron chi connectivity index (χ4n) is 1.65. The summed E-state index contributed by atoms with van der Waals surface area (Å²) in [5.41, 5.74) is 0.335. The number of sulfonamides is 1. The monoisotopic (exact) mass is 308 g/mol. The Balaban J connectivity index is 2.27. The quantitative estimate of drug-likeness (QED) is 0.944. The first-order valence-corrected chi connectivity index (χ1v) is 7.34. The number of halogens is 2. The van der Waals surface area contributed by atoms with E-state index < -0.39 is 21.7 Å². The lowest BCUT2D eigenvalue weighted by atomic mass is 10.2. The van der Waals surface area contributed by atoms with Gasteiger partial charge in [-0.05, 0) is 29.8 Å². The summed E-state index contributed by atoms with van der Waals surface area (Å²) in [4.78, 5) is -0.0760. The van der Waals surface area contributed by atoms with Gasteiger partial charge in [0.2, 0.25) is 0 Å². The molecular weight excluding hydrogens is 298 g/mol. The van der Waals surface area contributed by atoms with E-state index in [1.165, 1.54) is 24.3 Å². The van der Waals surface area contributed by atoms with Crippen molar-refractivity contribution >= 4 is 15.7 Å². The maximum absolute atomic E-state index is 13.5. The van der Waals surface area contributed by atoms with Crippen LogP contribution in [0.4, 0.5) is 14.5 Å². The first-order valence-electron chi connectivity index (χ1n) is 5.86. The Morgan fingerprint density at radius 2 is 1.76 bits per heavy atom. The average molecular weight is 308 g/mol. The Hall–Kier alpha value is -2.46. The second kappa shape index (κ2) is 5.89. The minimum Gasteiger partial charge on any atom is -0.277 e. The standard InChI is InChI=1S/C14H10F2N2O2S/c15-11-3-6-14(13(16)9-11)18-21(19,20)12-4-1-10(2-5-12)7-8-17/h1-6,9,18H,7H2. The van der Waals surface area contributed by atoms with E-state index in [-0.39, 0.29) is 17.0 Å². The van der Waals surface area contributed by atoms with Crippen LogP contribution in [0.3, 0.4) is 0 Å². The predicted octanol–water partition coefficient (Wildman–Crippen LogP) is 2.83. The van der Waals surface area contributed by atoms with Crippen molar-refractivity contribution in [2.45, 2.75) is 11.3 Å². The van der Waals surface area contributed by atoms with Crippen molar-refractivity contribution in [3.8, 4) is 6.07 Å². The second-order valence-electron chi connectivity index (χ2n) is 4.21. The number of nitrogens with one attached hydrogen (secondary N) is 1. The highest BCUT2D eigenvalue weighted by atomic mass is 32.2. The van der Waals surface area contributed by atoms with E-state index in [0.29, 0.717) is 11.6 Å². The summed E-state index contributed by atoms with van der Waals surface area (Å²) in [7, 11) is -3.98. The highest BCUT2D eigenvalue weighted by Crippen LogP contribution is 2.20. The molecule has 7 heteroatoms. The molecule has 0 aliphatic heterocycles. The smallest absolute Gasteiger partial charge is 0.261 e. The minimum atomic E-state index is -3.98. The number of rotatable bonds is 4. The van der Waals surface area contributed by atoms with E-state index in [0.717, 1.165) is 12.1 Å². The lowest BCUT2D eigenvalue weighted by Gasteiger charge is -2.09. The number of hydrogen-bond acceptors (Lipinski definition) is 3. The van der Waals surface area contributed by atoms with Gasteiger partial charge in [-0.1, -0.05) is 12.1 Å². The van der Waals surface area contributed by atoms with E-state index in [4.69, 9.17) is 5.26 Å². The van der Waals surface area contributed by atoms with Crippen molar-refractivity contribution in [2.75, 3.05) is 4.72 Å². The van der Waals surface area contributed by atoms with Gasteiger partial charge < -0.3 is 0 Å². The van der Waals surface area contributed by atoms with Crippen LogP contribution in [0.1, 0.15) is 5.56 Å². The minimum absolute atomic E-state index is 0.0760. The van der Waals surface area contributed by atoms with Crippen molar-refractivity contribution in [1.82, 2.24) is 0 Å². The van der Waals surface area contributed by atoms with E-state index >= 15 is 0 Å². The Morgan fingerprint density at radius 3 is 2.33 bits per heavy atom. The van der Waals surface area contributed by atoms with Gasteiger partial charge in [0, 0.05) is 6.07 Å². The Morgan fingerprint density at radius 1 is 1.10 bits per heavy atom. The molecular formula is C14H10F2N2O2S. The van der Waals surface area contributed by atoms with Crippen LogP contribution in [-0.2, 0) is 16.4 Å². The molecule has 0 fully saturated rings. The molecule has 0 aromatic heterocycles. The van der Waals surface area contributed by atoms with Gasteiger partial charge in [-0.3, -0.25) is 4.72 Å². The normalized spacial score (nSPS) is 10.9. The zero-order chi connectivity index (χ0) is 15.5. The molecule has 1 N–H and O–H groups in total. The summed E-state index contributed by atoms with van der Waals surface area (Å²) in [6.45, 7) is 0. The molecule has 0 aliphatic carbocycles. The Kier molecular flexibility index (Phi) is 4.19. The SMILES string of the molecule is N#CCc1ccc(S(=O)(=O)Nc2ccc(F)cc2F)cc1. The molecule has 0 saturated carbocycles. The molecule has 2 aromatic rings. The molecule has 4 nitrogen and oxygen atoms in total. The third kappa shape index (κ3) is 3.55. The number of nitriles is 1. The molecule has 21 heavy (non-hydrogen) atoms. The molecule has 0 aliphatic rings. The third-order valence-corrected chi connectivity index (χ3v) is 4.07. The van der Waals surface area contributed by atoms with Crippen LogP contribution in [-0.4, -0.2) is 8.42 Å². The van der Waals surface area contributed by atoms with Crippen molar-refractivity contribution < 1.29 is 17.2 Å². The molecule has 0 unspecified atom stereocenters. The molecule has 0 radical (unpaired) electrons. The lowest BCUT2D eigenvalue weighted by molar-refractivity contribution is 0.583. The van der Waals surface area contributed by atoms with Gasteiger partial charge in [0.05, 0.1) is 23.1 Å². The number of hydrogen-bond donors (Lipinski definition) is 1. The van der Waals surface area contributed by atoms with Gasteiger partial charge in [-0.15, -0.1) is 0 Å². The molecule has 0 saturated heterocycles. The molecule has 0 atom stereocenters. The molecule has 0 bridgehead atoms. The van der Waals surface area contributed by atoms with Gasteiger partial charge in [0.1, 0.15) is 11.6 Å². The van der Waals surface area contributed by atoms with E-state index in [2.05, 4.69) is 0 Å². The van der Waals surface area contributed by atoms with Gasteiger partial charge in [-0.25, -0.2) is 17.2 Å². The highest BCUT2D eigenvalue weighted by molar-refractivity contribution is 7.92. The van der Waals surface area contributed by atoms with E-state index in [1.54, 1.807) is 0 Å². The fourth-order valence-corrected chi connectivity index (χ4v) is 2.72. The summed E-state index contributed by atoms with van der Waals surface area (Å²) in [6.07, 6.45) is 0.167. The molecule has 2 aromatic carbocycles. The van der Waals surface area contributed by atoms with Crippen LogP contribution in [0.5, 0.6) is 0 Å². The molecule has 0 heterocycles. The summed E-state index contributed by atoms with van der Waals surface area (Å²) in [5, 5.41) is 8.54. The summed E-state index contributed by atoms with van der Waals surface area (Å²) < 4.78 is 52.4. The Bertz CT molecular complexity index is 797. The van der Waals surface area contributed by atoms with E-state index in [9.17, 15) is 17.2 Å². The molecule has 0 amide bonds. The largest absolute Gasteiger partial charge is 0.277 e. The van der Waals surface area contributed by atoms with Gasteiger partial charge in [0.25, 0.3) is 10.0 Å². The van der Waals surface area contributed by atoms with Crippen LogP contribution >= 0.6 is 0 Å². The molecule has 2 rings (SSSR count). The first kappa shape index (κ1) is 14.9. The van der Waals surface area contributed by atoms with Crippen molar-refractivity contribution in [3.63, 3.8) is 0 Å². The zero-order valence-electron chi connectivity index (χ0n) is 10.7. The zero-order valence-corrected chi connectivity index (χ0v) is 11.5. The van der Waals surface area contributed by atoms with Crippen molar-refractivity contribution in [2.24, 2.45) is 0 Å². The fraction of sp³-hybridized carbons (Fsp3) is 0.0714. The number of nitrogens with zero attached hydrogens (tertiary/aromatic N) is 1. The lowest BCUT2D eigenvalue weighted by Crippen LogP contribution is -2.14.